The van der Waals surface area contributed by atoms with Crippen molar-refractivity contribution in [2.75, 3.05) is 19.6 Å². The number of carbonyl (C=O) groups excluding carboxylic acids is 1. The number of amides is 1. The summed E-state index contributed by atoms with van der Waals surface area (Å²) >= 11 is 0. The zero-order valence-corrected chi connectivity index (χ0v) is 15.9. The van der Waals surface area contributed by atoms with Crippen LogP contribution in [-0.2, 0) is 24.3 Å². The van der Waals surface area contributed by atoms with Crippen LogP contribution in [0.1, 0.15) is 36.7 Å². The normalized spacial score (nSPS) is 14.6. The molecular formula is C21H28N4O2. The molecule has 0 bridgehead atoms. The number of benzene rings is 1. The third-order valence-electron chi connectivity index (χ3n) is 4.58. The predicted molar refractivity (Wildman–Crippen MR) is 106 cm³/mol. The minimum absolute atomic E-state index is 0.264. The molecular weight excluding hydrogens is 340 g/mol. The van der Waals surface area contributed by atoms with Gasteiger partial charge in [-0.1, -0.05) is 24.3 Å². The molecule has 1 fully saturated rings. The van der Waals surface area contributed by atoms with Crippen molar-refractivity contribution in [2.24, 2.45) is 4.99 Å². The first kappa shape index (κ1) is 19.0. The third-order valence-corrected chi connectivity index (χ3v) is 4.58. The lowest BCUT2D eigenvalue weighted by Gasteiger charge is -2.15. The minimum Gasteiger partial charge on any atom is -0.469 e. The van der Waals surface area contributed by atoms with Gasteiger partial charge in [0.05, 0.1) is 12.8 Å². The second-order valence-electron chi connectivity index (χ2n) is 6.69. The fourth-order valence-electron chi connectivity index (χ4n) is 3.11. The van der Waals surface area contributed by atoms with Gasteiger partial charge in [-0.15, -0.1) is 0 Å². The maximum Gasteiger partial charge on any atom is 0.222 e. The first-order valence-corrected chi connectivity index (χ1v) is 9.64. The lowest BCUT2D eigenvalue weighted by atomic mass is 10.1. The summed E-state index contributed by atoms with van der Waals surface area (Å²) in [6.07, 6.45) is 4.18. The smallest absolute Gasteiger partial charge is 0.222 e. The van der Waals surface area contributed by atoms with E-state index in [9.17, 15) is 4.79 Å². The van der Waals surface area contributed by atoms with Crippen LogP contribution < -0.4 is 10.6 Å². The molecule has 0 radical (unpaired) electrons. The van der Waals surface area contributed by atoms with E-state index in [-0.39, 0.29) is 5.91 Å². The van der Waals surface area contributed by atoms with Crippen LogP contribution >= 0.6 is 0 Å². The Morgan fingerprint density at radius 2 is 2.00 bits per heavy atom. The lowest BCUT2D eigenvalue weighted by molar-refractivity contribution is -0.128. The van der Waals surface area contributed by atoms with E-state index in [4.69, 9.17) is 4.42 Å². The van der Waals surface area contributed by atoms with E-state index in [1.807, 2.05) is 17.0 Å². The quantitative estimate of drug-likeness (QED) is 0.555. The summed E-state index contributed by atoms with van der Waals surface area (Å²) in [5, 5.41) is 6.59. The Labute approximate surface area is 160 Å². The Kier molecular flexibility index (Phi) is 6.90. The van der Waals surface area contributed by atoms with Crippen molar-refractivity contribution in [1.82, 2.24) is 15.5 Å². The molecule has 1 aromatic carbocycles. The molecule has 144 valence electrons. The number of hydrogen-bond acceptors (Lipinski definition) is 3. The Hall–Kier alpha value is -2.76. The summed E-state index contributed by atoms with van der Waals surface area (Å²) < 4.78 is 5.35. The third kappa shape index (κ3) is 5.88. The number of nitrogens with one attached hydrogen (secondary N) is 2. The number of aliphatic imine (C=N–C) groups is 1. The van der Waals surface area contributed by atoms with E-state index in [2.05, 4.69) is 46.8 Å². The van der Waals surface area contributed by atoms with Crippen molar-refractivity contribution in [3.05, 3.63) is 59.5 Å². The largest absolute Gasteiger partial charge is 0.469 e. The predicted octanol–water partition coefficient (Wildman–Crippen LogP) is 2.70. The number of guanidine groups is 1. The van der Waals surface area contributed by atoms with E-state index in [0.717, 1.165) is 49.8 Å². The highest BCUT2D eigenvalue weighted by Gasteiger charge is 2.19. The van der Waals surface area contributed by atoms with E-state index in [0.29, 0.717) is 19.5 Å². The van der Waals surface area contributed by atoms with Crippen molar-refractivity contribution >= 4 is 11.9 Å². The van der Waals surface area contributed by atoms with Gasteiger partial charge in [-0.25, -0.2) is 4.99 Å². The van der Waals surface area contributed by atoms with Crippen molar-refractivity contribution in [2.45, 2.75) is 39.3 Å². The highest BCUT2D eigenvalue weighted by Crippen LogP contribution is 2.15. The second-order valence-corrected chi connectivity index (χ2v) is 6.69. The van der Waals surface area contributed by atoms with Crippen LogP contribution in [0.4, 0.5) is 0 Å². The van der Waals surface area contributed by atoms with Crippen molar-refractivity contribution in [3.8, 4) is 0 Å². The van der Waals surface area contributed by atoms with Crippen LogP contribution in [-0.4, -0.2) is 36.4 Å². The molecule has 2 aromatic rings. The van der Waals surface area contributed by atoms with Crippen LogP contribution in [0, 0.1) is 0 Å². The average Bonchev–Trinajstić information content (AvgIpc) is 3.33. The van der Waals surface area contributed by atoms with Crippen molar-refractivity contribution < 1.29 is 9.21 Å². The number of nitrogens with zero attached hydrogens (tertiary/aromatic N) is 2. The van der Waals surface area contributed by atoms with Crippen LogP contribution in [0.3, 0.4) is 0 Å². The number of furan rings is 1. The van der Waals surface area contributed by atoms with Gasteiger partial charge in [0.1, 0.15) is 5.76 Å². The van der Waals surface area contributed by atoms with Gasteiger partial charge in [0.15, 0.2) is 5.96 Å². The number of hydrogen-bond donors (Lipinski definition) is 2. The van der Waals surface area contributed by atoms with E-state index in [1.165, 1.54) is 5.56 Å². The zero-order chi connectivity index (χ0) is 18.9. The Morgan fingerprint density at radius 1 is 1.19 bits per heavy atom. The SMILES string of the molecule is CCNC(=NCc1ccc(CN2CCCC2=O)cc1)NCCc1ccco1. The molecule has 2 heterocycles. The standard InChI is InChI=1S/C21H28N4O2/c1-2-22-21(23-12-11-19-5-4-14-27-19)24-15-17-7-9-18(10-8-17)16-25-13-3-6-20(25)26/h4-5,7-10,14H,2-3,6,11-13,15-16H2,1H3,(H2,22,23,24). The van der Waals surface area contributed by atoms with Crippen LogP contribution in [0.5, 0.6) is 0 Å². The van der Waals surface area contributed by atoms with Gasteiger partial charge in [-0.05, 0) is 36.6 Å². The summed E-state index contributed by atoms with van der Waals surface area (Å²) in [4.78, 5) is 18.3. The molecule has 1 amide bonds. The highest BCUT2D eigenvalue weighted by atomic mass is 16.3. The fraction of sp³-hybridized carbons (Fsp3) is 0.429. The van der Waals surface area contributed by atoms with Gasteiger partial charge in [0.25, 0.3) is 0 Å². The fourth-order valence-corrected chi connectivity index (χ4v) is 3.11. The summed E-state index contributed by atoms with van der Waals surface area (Å²) in [5.41, 5.74) is 2.32. The average molecular weight is 368 g/mol. The molecule has 0 atom stereocenters. The van der Waals surface area contributed by atoms with Crippen LogP contribution in [0.15, 0.2) is 52.1 Å². The van der Waals surface area contributed by atoms with Crippen LogP contribution in [0.25, 0.3) is 0 Å². The Balaban J connectivity index is 1.49. The topological polar surface area (TPSA) is 69.9 Å². The van der Waals surface area contributed by atoms with Gasteiger partial charge >= 0.3 is 0 Å². The molecule has 1 aliphatic heterocycles. The maximum absolute atomic E-state index is 11.7. The molecule has 3 rings (SSSR count). The Bertz CT molecular complexity index is 738. The molecule has 0 aliphatic carbocycles. The number of likely N-dealkylation sites (tertiary alicyclic amines) is 1. The highest BCUT2D eigenvalue weighted by molar-refractivity contribution is 5.79. The summed E-state index contributed by atoms with van der Waals surface area (Å²) in [6, 6.07) is 12.2. The van der Waals surface area contributed by atoms with Gasteiger partial charge in [-0.3, -0.25) is 4.79 Å². The molecule has 0 saturated carbocycles. The van der Waals surface area contributed by atoms with Crippen molar-refractivity contribution in [1.29, 1.82) is 0 Å². The molecule has 6 heteroatoms. The number of carbonyl (C=O) groups is 1. The zero-order valence-electron chi connectivity index (χ0n) is 15.9. The molecule has 0 spiro atoms. The molecule has 2 N–H and O–H groups in total. The van der Waals surface area contributed by atoms with Gasteiger partial charge in [0.2, 0.25) is 5.91 Å². The van der Waals surface area contributed by atoms with E-state index < -0.39 is 0 Å². The number of rotatable bonds is 8. The summed E-state index contributed by atoms with van der Waals surface area (Å²) in [5.74, 6) is 2.03. The van der Waals surface area contributed by atoms with Crippen LogP contribution in [0.2, 0.25) is 0 Å². The summed E-state index contributed by atoms with van der Waals surface area (Å²) in [6.45, 7) is 5.83. The summed E-state index contributed by atoms with van der Waals surface area (Å²) in [7, 11) is 0. The Morgan fingerprint density at radius 3 is 2.67 bits per heavy atom. The molecule has 27 heavy (non-hydrogen) atoms. The molecule has 0 unspecified atom stereocenters. The van der Waals surface area contributed by atoms with Gasteiger partial charge in [0, 0.05) is 39.0 Å². The molecule has 1 saturated heterocycles. The first-order chi connectivity index (χ1) is 13.2. The monoisotopic (exact) mass is 368 g/mol. The van der Waals surface area contributed by atoms with E-state index in [1.54, 1.807) is 6.26 Å². The molecule has 6 nitrogen and oxygen atoms in total. The maximum atomic E-state index is 11.7. The lowest BCUT2D eigenvalue weighted by Crippen LogP contribution is -2.38. The van der Waals surface area contributed by atoms with Gasteiger partial charge < -0.3 is 20.0 Å². The first-order valence-electron chi connectivity index (χ1n) is 9.64. The van der Waals surface area contributed by atoms with E-state index >= 15 is 0 Å². The second kappa shape index (κ2) is 9.80. The molecule has 1 aliphatic rings. The minimum atomic E-state index is 0.264. The van der Waals surface area contributed by atoms with Crippen molar-refractivity contribution in [3.63, 3.8) is 0 Å². The molecule has 1 aromatic heterocycles. The van der Waals surface area contributed by atoms with Gasteiger partial charge in [-0.2, -0.15) is 0 Å².